The summed E-state index contributed by atoms with van der Waals surface area (Å²) in [6, 6.07) is 8.04. The second kappa shape index (κ2) is 4.39. The summed E-state index contributed by atoms with van der Waals surface area (Å²) in [6.07, 6.45) is 1.83. The SMILES string of the molecule is Clc1csc(CNc2cccc3[nH]ncc23)c1. The van der Waals surface area contributed by atoms with E-state index in [4.69, 9.17) is 11.6 Å². The number of nitrogens with one attached hydrogen (secondary N) is 2. The molecular weight excluding hydrogens is 254 g/mol. The van der Waals surface area contributed by atoms with E-state index in [9.17, 15) is 0 Å². The van der Waals surface area contributed by atoms with Gasteiger partial charge in [0.05, 0.1) is 16.7 Å². The normalized spacial score (nSPS) is 10.9. The van der Waals surface area contributed by atoms with Crippen molar-refractivity contribution in [2.24, 2.45) is 0 Å². The van der Waals surface area contributed by atoms with Crippen molar-refractivity contribution in [3.05, 3.63) is 45.7 Å². The molecule has 0 unspecified atom stereocenters. The first-order valence-electron chi connectivity index (χ1n) is 5.22. The summed E-state index contributed by atoms with van der Waals surface area (Å²) in [5, 5.41) is 14.2. The fraction of sp³-hybridized carbons (Fsp3) is 0.0833. The van der Waals surface area contributed by atoms with E-state index in [0.29, 0.717) is 0 Å². The van der Waals surface area contributed by atoms with Gasteiger partial charge in [0, 0.05) is 27.9 Å². The van der Waals surface area contributed by atoms with E-state index in [0.717, 1.165) is 28.2 Å². The van der Waals surface area contributed by atoms with Gasteiger partial charge in [-0.3, -0.25) is 5.10 Å². The number of nitrogens with zero attached hydrogens (tertiary/aromatic N) is 1. The minimum absolute atomic E-state index is 0.779. The molecule has 0 saturated carbocycles. The molecule has 2 heterocycles. The minimum atomic E-state index is 0.779. The van der Waals surface area contributed by atoms with Crippen LogP contribution in [0, 0.1) is 0 Å². The van der Waals surface area contributed by atoms with Crippen molar-refractivity contribution in [3.8, 4) is 0 Å². The van der Waals surface area contributed by atoms with E-state index in [2.05, 4.69) is 15.5 Å². The van der Waals surface area contributed by atoms with Crippen LogP contribution in [0.5, 0.6) is 0 Å². The molecule has 2 aromatic heterocycles. The zero-order valence-corrected chi connectivity index (χ0v) is 10.5. The number of hydrogen-bond donors (Lipinski definition) is 2. The molecule has 0 bridgehead atoms. The molecule has 0 spiro atoms. The second-order valence-electron chi connectivity index (χ2n) is 3.72. The fourth-order valence-corrected chi connectivity index (χ4v) is 2.76. The third kappa shape index (κ3) is 2.14. The Morgan fingerprint density at radius 2 is 2.35 bits per heavy atom. The van der Waals surface area contributed by atoms with Crippen LogP contribution in [0.4, 0.5) is 5.69 Å². The van der Waals surface area contributed by atoms with Crippen molar-refractivity contribution < 1.29 is 0 Å². The van der Waals surface area contributed by atoms with Gasteiger partial charge in [-0.25, -0.2) is 0 Å². The summed E-state index contributed by atoms with van der Waals surface area (Å²) in [4.78, 5) is 1.22. The van der Waals surface area contributed by atoms with Crippen LogP contribution in [0.2, 0.25) is 5.02 Å². The third-order valence-corrected chi connectivity index (χ3v) is 3.84. The van der Waals surface area contributed by atoms with Gasteiger partial charge in [-0.2, -0.15) is 5.10 Å². The molecule has 0 aliphatic carbocycles. The van der Waals surface area contributed by atoms with Crippen molar-refractivity contribution in [3.63, 3.8) is 0 Å². The molecule has 0 aliphatic rings. The number of halogens is 1. The molecule has 0 radical (unpaired) electrons. The fourth-order valence-electron chi connectivity index (χ4n) is 1.75. The maximum atomic E-state index is 5.89. The Morgan fingerprint density at radius 3 is 3.18 bits per heavy atom. The summed E-state index contributed by atoms with van der Waals surface area (Å²) >= 11 is 7.55. The molecule has 5 heteroatoms. The van der Waals surface area contributed by atoms with Crippen LogP contribution in [-0.2, 0) is 6.54 Å². The summed E-state index contributed by atoms with van der Waals surface area (Å²) in [6.45, 7) is 0.779. The van der Waals surface area contributed by atoms with Gasteiger partial charge < -0.3 is 5.32 Å². The van der Waals surface area contributed by atoms with Crippen molar-refractivity contribution in [1.82, 2.24) is 10.2 Å². The molecule has 3 aromatic rings. The molecule has 0 atom stereocenters. The number of fused-ring (bicyclic) bond motifs is 1. The number of aromatic amines is 1. The number of thiophene rings is 1. The van der Waals surface area contributed by atoms with Gasteiger partial charge in [0.2, 0.25) is 0 Å². The summed E-state index contributed by atoms with van der Waals surface area (Å²) in [5.74, 6) is 0. The summed E-state index contributed by atoms with van der Waals surface area (Å²) < 4.78 is 0. The van der Waals surface area contributed by atoms with E-state index in [1.807, 2.05) is 35.8 Å². The maximum absolute atomic E-state index is 5.89. The highest BCUT2D eigenvalue weighted by atomic mass is 35.5. The maximum Gasteiger partial charge on any atom is 0.0671 e. The molecule has 0 amide bonds. The quantitative estimate of drug-likeness (QED) is 0.753. The van der Waals surface area contributed by atoms with E-state index in [1.54, 1.807) is 11.3 Å². The Labute approximate surface area is 107 Å². The Morgan fingerprint density at radius 1 is 1.41 bits per heavy atom. The number of aromatic nitrogens is 2. The molecule has 17 heavy (non-hydrogen) atoms. The Balaban J connectivity index is 1.83. The van der Waals surface area contributed by atoms with Crippen LogP contribution >= 0.6 is 22.9 Å². The van der Waals surface area contributed by atoms with Crippen LogP contribution in [0.25, 0.3) is 10.9 Å². The van der Waals surface area contributed by atoms with E-state index >= 15 is 0 Å². The summed E-state index contributed by atoms with van der Waals surface area (Å²) in [7, 11) is 0. The van der Waals surface area contributed by atoms with Gasteiger partial charge in [0.25, 0.3) is 0 Å². The van der Waals surface area contributed by atoms with Gasteiger partial charge in [0.1, 0.15) is 0 Å². The van der Waals surface area contributed by atoms with Crippen molar-refractivity contribution >= 4 is 39.5 Å². The van der Waals surface area contributed by atoms with Crippen LogP contribution in [0.3, 0.4) is 0 Å². The molecule has 1 aromatic carbocycles. The molecule has 0 aliphatic heterocycles. The average molecular weight is 264 g/mol. The zero-order valence-electron chi connectivity index (χ0n) is 8.90. The van der Waals surface area contributed by atoms with Crippen LogP contribution in [-0.4, -0.2) is 10.2 Å². The predicted molar refractivity (Wildman–Crippen MR) is 72.7 cm³/mol. The van der Waals surface area contributed by atoms with Gasteiger partial charge in [0.15, 0.2) is 0 Å². The largest absolute Gasteiger partial charge is 0.380 e. The number of rotatable bonds is 3. The molecule has 86 valence electrons. The van der Waals surface area contributed by atoms with Gasteiger partial charge >= 0.3 is 0 Å². The highest BCUT2D eigenvalue weighted by Crippen LogP contribution is 2.24. The van der Waals surface area contributed by atoms with Gasteiger partial charge in [-0.05, 0) is 18.2 Å². The lowest BCUT2D eigenvalue weighted by atomic mass is 10.2. The number of anilines is 1. The van der Waals surface area contributed by atoms with E-state index < -0.39 is 0 Å². The third-order valence-electron chi connectivity index (χ3n) is 2.56. The molecule has 3 nitrogen and oxygen atoms in total. The lowest BCUT2D eigenvalue weighted by Gasteiger charge is -2.05. The minimum Gasteiger partial charge on any atom is -0.380 e. The second-order valence-corrected chi connectivity index (χ2v) is 5.15. The lowest BCUT2D eigenvalue weighted by Crippen LogP contribution is -1.97. The van der Waals surface area contributed by atoms with Crippen LogP contribution in [0.1, 0.15) is 4.88 Å². The molecule has 0 fully saturated rings. The molecule has 3 rings (SSSR count). The predicted octanol–water partition coefficient (Wildman–Crippen LogP) is 3.89. The highest BCUT2D eigenvalue weighted by molar-refractivity contribution is 7.10. The highest BCUT2D eigenvalue weighted by Gasteiger charge is 2.03. The van der Waals surface area contributed by atoms with Crippen molar-refractivity contribution in [1.29, 1.82) is 0 Å². The number of hydrogen-bond acceptors (Lipinski definition) is 3. The van der Waals surface area contributed by atoms with Crippen molar-refractivity contribution in [2.75, 3.05) is 5.32 Å². The first-order valence-corrected chi connectivity index (χ1v) is 6.47. The first kappa shape index (κ1) is 10.6. The van der Waals surface area contributed by atoms with E-state index in [1.165, 1.54) is 4.88 Å². The Kier molecular flexibility index (Phi) is 2.74. The van der Waals surface area contributed by atoms with Crippen molar-refractivity contribution in [2.45, 2.75) is 6.54 Å². The number of benzene rings is 1. The van der Waals surface area contributed by atoms with Gasteiger partial charge in [-0.15, -0.1) is 11.3 Å². The zero-order chi connectivity index (χ0) is 11.7. The molecular formula is C12H10ClN3S. The van der Waals surface area contributed by atoms with Gasteiger partial charge in [-0.1, -0.05) is 17.7 Å². The first-order chi connectivity index (χ1) is 8.33. The van der Waals surface area contributed by atoms with Crippen LogP contribution in [0.15, 0.2) is 35.8 Å². The molecule has 2 N–H and O–H groups in total. The monoisotopic (exact) mass is 263 g/mol. The Bertz CT molecular complexity index is 644. The topological polar surface area (TPSA) is 40.7 Å². The standard InChI is InChI=1S/C12H10ClN3S/c13-8-4-9(17-7-8)5-14-11-2-1-3-12-10(11)6-15-16-12/h1-4,6-7,14H,5H2,(H,15,16). The summed E-state index contributed by atoms with van der Waals surface area (Å²) in [5.41, 5.74) is 2.12. The Hall–Kier alpha value is -1.52. The molecule has 0 saturated heterocycles. The number of H-pyrrole nitrogens is 1. The smallest absolute Gasteiger partial charge is 0.0671 e. The van der Waals surface area contributed by atoms with E-state index in [-0.39, 0.29) is 0 Å². The van der Waals surface area contributed by atoms with Crippen LogP contribution < -0.4 is 5.32 Å². The lowest BCUT2D eigenvalue weighted by molar-refractivity contribution is 1.12. The average Bonchev–Trinajstić information content (AvgIpc) is 2.94.